The second-order valence-corrected chi connectivity index (χ2v) is 11.2. The van der Waals surface area contributed by atoms with Gasteiger partial charge in [-0.05, 0) is 101 Å². The highest BCUT2D eigenvalue weighted by Gasteiger charge is 2.14. The van der Waals surface area contributed by atoms with Gasteiger partial charge in [-0.3, -0.25) is 0 Å². The van der Waals surface area contributed by atoms with Gasteiger partial charge >= 0.3 is 0 Å². The van der Waals surface area contributed by atoms with E-state index in [-0.39, 0.29) is 0 Å². The molecule has 44 heavy (non-hydrogen) atoms. The Labute approximate surface area is 270 Å². The van der Waals surface area contributed by atoms with Gasteiger partial charge in [-0.2, -0.15) is 0 Å². The summed E-state index contributed by atoms with van der Waals surface area (Å²) in [6, 6.07) is 33.1. The van der Waals surface area contributed by atoms with Crippen molar-refractivity contribution in [3.63, 3.8) is 0 Å². The summed E-state index contributed by atoms with van der Waals surface area (Å²) in [5, 5.41) is 5.39. The first-order chi connectivity index (χ1) is 21.3. The van der Waals surface area contributed by atoms with E-state index < -0.39 is 0 Å². The summed E-state index contributed by atoms with van der Waals surface area (Å²) in [5.74, 6) is 0.884. The molecule has 0 atom stereocenters. The Hall–Kier alpha value is -3.90. The normalized spacial score (nSPS) is 9.86. The molecule has 0 aliphatic rings. The average Bonchev–Trinajstić information content (AvgIpc) is 3.08. The number of rotatable bonds is 6. The van der Waals surface area contributed by atoms with Crippen LogP contribution in [-0.4, -0.2) is 0 Å². The van der Waals surface area contributed by atoms with E-state index in [2.05, 4.69) is 159 Å². The Morgan fingerprint density at radius 3 is 1.80 bits per heavy atom. The molecule has 0 amide bonds. The lowest BCUT2D eigenvalue weighted by atomic mass is 9.86. The van der Waals surface area contributed by atoms with E-state index in [1.165, 1.54) is 66.9 Å². The largest absolute Gasteiger partial charge is 0.106 e. The van der Waals surface area contributed by atoms with Crippen LogP contribution < -0.4 is 0 Å². The maximum Gasteiger partial charge on any atom is -0.00704 e. The van der Waals surface area contributed by atoms with Crippen molar-refractivity contribution in [3.8, 4) is 11.1 Å². The SMILES string of the molecule is C=C.C=CCCc1ccc(C)cc1.CC.CCC(C)C.CCc1ccc2ccccc2c1-c1cc(C)c2ccccc2c1C. The molecule has 5 aromatic rings. The number of fused-ring (bicyclic) bond motifs is 2. The first-order valence-corrected chi connectivity index (χ1v) is 16.5. The molecule has 0 radical (unpaired) electrons. The van der Waals surface area contributed by atoms with Crippen LogP contribution in [-0.2, 0) is 12.8 Å². The van der Waals surface area contributed by atoms with Crippen LogP contribution in [0.25, 0.3) is 32.7 Å². The molecule has 0 saturated heterocycles. The lowest BCUT2D eigenvalue weighted by Gasteiger charge is -2.17. The van der Waals surface area contributed by atoms with Gasteiger partial charge in [0, 0.05) is 0 Å². The Balaban J connectivity index is 0.000000403. The summed E-state index contributed by atoms with van der Waals surface area (Å²) in [7, 11) is 0. The van der Waals surface area contributed by atoms with E-state index in [0.717, 1.165) is 25.2 Å². The molecule has 5 aromatic carbocycles. The van der Waals surface area contributed by atoms with Crippen molar-refractivity contribution in [1.29, 1.82) is 0 Å². The number of hydrogen-bond acceptors (Lipinski definition) is 0. The van der Waals surface area contributed by atoms with E-state index in [1.807, 2.05) is 19.9 Å². The third kappa shape index (κ3) is 11.0. The third-order valence-electron chi connectivity index (χ3n) is 7.76. The molecule has 0 spiro atoms. The van der Waals surface area contributed by atoms with Crippen LogP contribution in [0.3, 0.4) is 0 Å². The molecule has 0 heterocycles. The summed E-state index contributed by atoms with van der Waals surface area (Å²) >= 11 is 0. The van der Waals surface area contributed by atoms with Gasteiger partial charge < -0.3 is 0 Å². The van der Waals surface area contributed by atoms with Crippen molar-refractivity contribution in [2.75, 3.05) is 0 Å². The smallest absolute Gasteiger partial charge is 0.00704 e. The number of benzene rings is 5. The van der Waals surface area contributed by atoms with Crippen LogP contribution in [0.15, 0.2) is 117 Å². The number of aryl methyl sites for hydroxylation is 5. The Morgan fingerprint density at radius 2 is 1.25 bits per heavy atom. The van der Waals surface area contributed by atoms with Gasteiger partial charge in [-0.1, -0.05) is 151 Å². The fraction of sp³-hybridized carbons (Fsp3) is 0.318. The lowest BCUT2D eigenvalue weighted by molar-refractivity contribution is 0.626. The first-order valence-electron chi connectivity index (χ1n) is 16.5. The third-order valence-corrected chi connectivity index (χ3v) is 7.76. The average molecular weight is 587 g/mol. The monoisotopic (exact) mass is 586 g/mol. The summed E-state index contributed by atoms with van der Waals surface area (Å²) in [5.41, 5.74) is 9.65. The maximum atomic E-state index is 3.69. The van der Waals surface area contributed by atoms with Gasteiger partial charge in [-0.25, -0.2) is 0 Å². The van der Waals surface area contributed by atoms with Gasteiger partial charge in [-0.15, -0.1) is 19.7 Å². The summed E-state index contributed by atoms with van der Waals surface area (Å²) in [6.07, 6.45) is 6.50. The zero-order valence-electron chi connectivity index (χ0n) is 29.3. The van der Waals surface area contributed by atoms with E-state index in [0.29, 0.717) is 0 Å². The van der Waals surface area contributed by atoms with Crippen molar-refractivity contribution in [1.82, 2.24) is 0 Å². The summed E-state index contributed by atoms with van der Waals surface area (Å²) in [4.78, 5) is 0. The molecule has 0 aliphatic heterocycles. The van der Waals surface area contributed by atoms with Crippen molar-refractivity contribution in [3.05, 3.63) is 145 Å². The summed E-state index contributed by atoms with van der Waals surface area (Å²) < 4.78 is 0. The molecular formula is C44H58. The fourth-order valence-electron chi connectivity index (χ4n) is 4.91. The van der Waals surface area contributed by atoms with Crippen LogP contribution >= 0.6 is 0 Å². The number of allylic oxidation sites excluding steroid dienone is 1. The van der Waals surface area contributed by atoms with Crippen molar-refractivity contribution >= 4 is 21.5 Å². The quantitative estimate of drug-likeness (QED) is 0.174. The van der Waals surface area contributed by atoms with Crippen LogP contribution in [0.2, 0.25) is 0 Å². The second-order valence-electron chi connectivity index (χ2n) is 11.2. The Bertz CT molecular complexity index is 1530. The lowest BCUT2D eigenvalue weighted by Crippen LogP contribution is -1.94. The minimum absolute atomic E-state index is 0.884. The molecule has 0 bridgehead atoms. The standard InChI is InChI=1S/C24H22.C11H14.C5H12.C2H6.C2H4/c1-4-18-13-14-19-9-5-6-12-22(19)24(18)23-15-16(2)20-10-7-8-11-21(20)17(23)3;1-3-4-5-11-8-6-10(2)7-9-11;1-4-5(2)3;2*1-2/h5-15H,4H2,1-3H3;3,6-9H,1,4-5H2,2H3;5H,4H2,1-3H3;1-2H3;1-2H2. The van der Waals surface area contributed by atoms with Crippen LogP contribution in [0.1, 0.15) is 82.2 Å². The predicted octanol–water partition coefficient (Wildman–Crippen LogP) is 13.8. The van der Waals surface area contributed by atoms with Crippen LogP contribution in [0, 0.1) is 26.7 Å². The maximum absolute atomic E-state index is 3.69. The minimum Gasteiger partial charge on any atom is -0.106 e. The van der Waals surface area contributed by atoms with Crippen molar-refractivity contribution in [2.45, 2.75) is 88.0 Å². The molecule has 0 aromatic heterocycles. The molecular weight excluding hydrogens is 528 g/mol. The zero-order chi connectivity index (χ0) is 33.1. The minimum atomic E-state index is 0.884. The highest BCUT2D eigenvalue weighted by Crippen LogP contribution is 2.38. The second kappa shape index (κ2) is 20.9. The predicted molar refractivity (Wildman–Crippen MR) is 203 cm³/mol. The zero-order valence-corrected chi connectivity index (χ0v) is 29.3. The first kappa shape index (κ1) is 38.1. The molecule has 0 N–H and O–H groups in total. The highest BCUT2D eigenvalue weighted by molar-refractivity contribution is 6.03. The van der Waals surface area contributed by atoms with E-state index in [9.17, 15) is 0 Å². The van der Waals surface area contributed by atoms with Gasteiger partial charge in [0.25, 0.3) is 0 Å². The molecule has 0 saturated carbocycles. The van der Waals surface area contributed by atoms with Crippen LogP contribution in [0.5, 0.6) is 0 Å². The van der Waals surface area contributed by atoms with Crippen LogP contribution in [0.4, 0.5) is 0 Å². The molecule has 0 aliphatic carbocycles. The van der Waals surface area contributed by atoms with E-state index in [4.69, 9.17) is 0 Å². The van der Waals surface area contributed by atoms with Crippen molar-refractivity contribution < 1.29 is 0 Å². The molecule has 0 heteroatoms. The molecule has 0 nitrogen and oxygen atoms in total. The summed E-state index contributed by atoms with van der Waals surface area (Å²) in [6.45, 7) is 29.2. The topological polar surface area (TPSA) is 0 Å². The van der Waals surface area contributed by atoms with E-state index >= 15 is 0 Å². The molecule has 0 unspecified atom stereocenters. The molecule has 0 fully saturated rings. The van der Waals surface area contributed by atoms with Crippen molar-refractivity contribution in [2.24, 2.45) is 5.92 Å². The van der Waals surface area contributed by atoms with Gasteiger partial charge in [0.1, 0.15) is 0 Å². The number of hydrogen-bond donors (Lipinski definition) is 0. The van der Waals surface area contributed by atoms with Gasteiger partial charge in [0.2, 0.25) is 0 Å². The Morgan fingerprint density at radius 1 is 0.705 bits per heavy atom. The molecule has 5 rings (SSSR count). The van der Waals surface area contributed by atoms with E-state index in [1.54, 1.807) is 0 Å². The molecule has 234 valence electrons. The fourth-order valence-corrected chi connectivity index (χ4v) is 4.91. The Kier molecular flexibility index (Phi) is 18.1. The highest BCUT2D eigenvalue weighted by atomic mass is 14.2. The van der Waals surface area contributed by atoms with Gasteiger partial charge in [0.15, 0.2) is 0 Å². The van der Waals surface area contributed by atoms with Gasteiger partial charge in [0.05, 0.1) is 0 Å².